The Labute approximate surface area is 131 Å². The lowest BCUT2D eigenvalue weighted by atomic mass is 10.2. The molecule has 22 heavy (non-hydrogen) atoms. The van der Waals surface area contributed by atoms with Crippen LogP contribution in [0.3, 0.4) is 0 Å². The number of fused-ring (bicyclic) bond motifs is 1. The first kappa shape index (κ1) is 14.7. The van der Waals surface area contributed by atoms with Crippen LogP contribution in [0.1, 0.15) is 50.2 Å². The largest absolute Gasteiger partial charge is 0.423 e. The number of aromatic nitrogens is 4. The Morgan fingerprint density at radius 3 is 2.82 bits per heavy atom. The van der Waals surface area contributed by atoms with E-state index < -0.39 is 0 Å². The van der Waals surface area contributed by atoms with Gasteiger partial charge in [-0.15, -0.1) is 21.5 Å². The van der Waals surface area contributed by atoms with Crippen molar-refractivity contribution in [2.45, 2.75) is 39.2 Å². The molecular formula is C14H17N5O2S. The van der Waals surface area contributed by atoms with Gasteiger partial charge in [0.25, 0.3) is 0 Å². The predicted molar refractivity (Wildman–Crippen MR) is 81.7 cm³/mol. The van der Waals surface area contributed by atoms with Gasteiger partial charge in [0.15, 0.2) is 4.96 Å². The summed E-state index contributed by atoms with van der Waals surface area (Å²) in [4.78, 5) is 17.4. The maximum Gasteiger partial charge on any atom is 0.238 e. The summed E-state index contributed by atoms with van der Waals surface area (Å²) in [5, 5.41) is 12.7. The van der Waals surface area contributed by atoms with E-state index in [9.17, 15) is 4.79 Å². The van der Waals surface area contributed by atoms with Gasteiger partial charge >= 0.3 is 0 Å². The maximum atomic E-state index is 12.1. The molecule has 3 aromatic heterocycles. The summed E-state index contributed by atoms with van der Waals surface area (Å²) < 4.78 is 7.44. The molecule has 0 aliphatic rings. The minimum atomic E-state index is -0.323. The van der Waals surface area contributed by atoms with Crippen molar-refractivity contribution in [3.05, 3.63) is 35.2 Å². The first-order valence-corrected chi connectivity index (χ1v) is 7.94. The third kappa shape index (κ3) is 3.01. The fourth-order valence-corrected chi connectivity index (χ4v) is 2.75. The molecule has 0 spiro atoms. The van der Waals surface area contributed by atoms with E-state index in [-0.39, 0.29) is 24.3 Å². The van der Waals surface area contributed by atoms with Crippen molar-refractivity contribution in [2.24, 2.45) is 0 Å². The number of rotatable bonds is 5. The molecule has 3 aromatic rings. The van der Waals surface area contributed by atoms with Crippen molar-refractivity contribution in [3.8, 4) is 0 Å². The van der Waals surface area contributed by atoms with E-state index in [1.165, 1.54) is 11.3 Å². The van der Waals surface area contributed by atoms with E-state index >= 15 is 0 Å². The van der Waals surface area contributed by atoms with Crippen LogP contribution in [0.25, 0.3) is 4.96 Å². The van der Waals surface area contributed by atoms with Gasteiger partial charge in [0, 0.05) is 23.7 Å². The Kier molecular flexibility index (Phi) is 3.93. The zero-order valence-electron chi connectivity index (χ0n) is 12.6. The molecule has 1 amide bonds. The lowest BCUT2D eigenvalue weighted by molar-refractivity contribution is -0.121. The Balaban J connectivity index is 1.61. The molecule has 0 saturated carbocycles. The predicted octanol–water partition coefficient (Wildman–Crippen LogP) is 2.32. The van der Waals surface area contributed by atoms with E-state index in [2.05, 4.69) is 20.5 Å². The van der Waals surface area contributed by atoms with Crippen LogP contribution in [0.15, 0.2) is 22.2 Å². The molecule has 0 radical (unpaired) electrons. The number of thiazole rings is 1. The summed E-state index contributed by atoms with van der Waals surface area (Å²) >= 11 is 1.54. The molecule has 0 aromatic carbocycles. The number of carbonyl (C=O) groups is 1. The molecule has 0 fully saturated rings. The average molecular weight is 319 g/mol. The SMILES string of the molecule is CC(C)c1nnc([C@H](C)NC(=O)Cc2cn3ccsc3n2)o1. The Bertz CT molecular complexity index is 759. The van der Waals surface area contributed by atoms with Gasteiger partial charge in [-0.05, 0) is 6.92 Å². The smallest absolute Gasteiger partial charge is 0.238 e. The van der Waals surface area contributed by atoms with Crippen molar-refractivity contribution in [3.63, 3.8) is 0 Å². The second-order valence-corrected chi connectivity index (χ2v) is 6.30. The first-order valence-electron chi connectivity index (χ1n) is 7.06. The molecular weight excluding hydrogens is 302 g/mol. The molecule has 3 heterocycles. The van der Waals surface area contributed by atoms with Crippen LogP contribution < -0.4 is 5.32 Å². The third-order valence-electron chi connectivity index (χ3n) is 3.18. The fraction of sp³-hybridized carbons (Fsp3) is 0.429. The molecule has 1 atom stereocenters. The minimum absolute atomic E-state index is 0.123. The van der Waals surface area contributed by atoms with Gasteiger partial charge in [-0.2, -0.15) is 0 Å². The van der Waals surface area contributed by atoms with Crippen molar-refractivity contribution in [1.29, 1.82) is 0 Å². The summed E-state index contributed by atoms with van der Waals surface area (Å²) in [6.45, 7) is 5.77. The maximum absolute atomic E-state index is 12.1. The lowest BCUT2D eigenvalue weighted by Gasteiger charge is -2.09. The molecule has 0 aliphatic carbocycles. The number of imidazole rings is 1. The van der Waals surface area contributed by atoms with Crippen molar-refractivity contribution in [1.82, 2.24) is 24.9 Å². The van der Waals surface area contributed by atoms with Crippen LogP contribution in [0.4, 0.5) is 0 Å². The van der Waals surface area contributed by atoms with Gasteiger partial charge in [0.05, 0.1) is 12.1 Å². The van der Waals surface area contributed by atoms with Gasteiger partial charge in [-0.3, -0.25) is 9.20 Å². The van der Waals surface area contributed by atoms with E-state index in [0.717, 1.165) is 10.7 Å². The summed E-state index contributed by atoms with van der Waals surface area (Å²) in [6, 6.07) is -0.323. The van der Waals surface area contributed by atoms with Crippen LogP contribution in [0.2, 0.25) is 0 Å². The second kappa shape index (κ2) is 5.88. The number of nitrogens with one attached hydrogen (secondary N) is 1. The first-order chi connectivity index (χ1) is 10.5. The van der Waals surface area contributed by atoms with Crippen molar-refractivity contribution >= 4 is 22.2 Å². The molecule has 0 aliphatic heterocycles. The minimum Gasteiger partial charge on any atom is -0.423 e. The van der Waals surface area contributed by atoms with Crippen molar-refractivity contribution < 1.29 is 9.21 Å². The Morgan fingerprint density at radius 2 is 2.14 bits per heavy atom. The number of amides is 1. The van der Waals surface area contributed by atoms with Gasteiger partial charge < -0.3 is 9.73 Å². The molecule has 3 rings (SSSR count). The van der Waals surface area contributed by atoms with Gasteiger partial charge in [0.2, 0.25) is 17.7 Å². The quantitative estimate of drug-likeness (QED) is 0.780. The second-order valence-electron chi connectivity index (χ2n) is 5.42. The monoisotopic (exact) mass is 319 g/mol. The van der Waals surface area contributed by atoms with Crippen molar-refractivity contribution in [2.75, 3.05) is 0 Å². The molecule has 7 nitrogen and oxygen atoms in total. The Hall–Kier alpha value is -2.22. The van der Waals surface area contributed by atoms with Crippen LogP contribution in [-0.4, -0.2) is 25.5 Å². The van der Waals surface area contributed by atoms with E-state index in [1.807, 2.05) is 42.9 Å². The van der Waals surface area contributed by atoms with Gasteiger partial charge in [-0.25, -0.2) is 4.98 Å². The highest BCUT2D eigenvalue weighted by atomic mass is 32.1. The van der Waals surface area contributed by atoms with E-state index in [1.54, 1.807) is 0 Å². The zero-order valence-corrected chi connectivity index (χ0v) is 13.4. The number of hydrogen-bond acceptors (Lipinski definition) is 6. The molecule has 0 bridgehead atoms. The molecule has 0 unspecified atom stereocenters. The standard InChI is InChI=1S/C14H17N5O2S/c1-8(2)12-17-18-13(21-12)9(3)15-11(20)6-10-7-19-4-5-22-14(19)16-10/h4-5,7-9H,6H2,1-3H3,(H,15,20)/t9-/m0/s1. The normalized spacial score (nSPS) is 12.9. The number of hydrogen-bond donors (Lipinski definition) is 1. The van der Waals surface area contributed by atoms with Crippen LogP contribution in [0, 0.1) is 0 Å². The Morgan fingerprint density at radius 1 is 1.36 bits per heavy atom. The third-order valence-corrected chi connectivity index (χ3v) is 3.95. The number of nitrogens with zero attached hydrogens (tertiary/aromatic N) is 4. The summed E-state index contributed by atoms with van der Waals surface area (Å²) in [6.07, 6.45) is 4.01. The van der Waals surface area contributed by atoms with Crippen LogP contribution in [0.5, 0.6) is 0 Å². The zero-order chi connectivity index (χ0) is 15.7. The van der Waals surface area contributed by atoms with Crippen LogP contribution in [-0.2, 0) is 11.2 Å². The van der Waals surface area contributed by atoms with E-state index in [4.69, 9.17) is 4.42 Å². The summed E-state index contributed by atoms with van der Waals surface area (Å²) in [7, 11) is 0. The van der Waals surface area contributed by atoms with Gasteiger partial charge in [-0.1, -0.05) is 13.8 Å². The van der Waals surface area contributed by atoms with Gasteiger partial charge in [0.1, 0.15) is 6.04 Å². The molecule has 0 saturated heterocycles. The average Bonchev–Trinajstić information content (AvgIpc) is 3.12. The highest BCUT2D eigenvalue weighted by Crippen LogP contribution is 2.17. The molecule has 8 heteroatoms. The lowest BCUT2D eigenvalue weighted by Crippen LogP contribution is -2.28. The van der Waals surface area contributed by atoms with Crippen LogP contribution >= 0.6 is 11.3 Å². The molecule has 1 N–H and O–H groups in total. The highest BCUT2D eigenvalue weighted by Gasteiger charge is 2.18. The summed E-state index contributed by atoms with van der Waals surface area (Å²) in [5.74, 6) is 1.04. The topological polar surface area (TPSA) is 85.3 Å². The summed E-state index contributed by atoms with van der Waals surface area (Å²) in [5.41, 5.74) is 0.741. The fourth-order valence-electron chi connectivity index (χ4n) is 2.03. The highest BCUT2D eigenvalue weighted by molar-refractivity contribution is 7.15. The van der Waals surface area contributed by atoms with E-state index in [0.29, 0.717) is 11.8 Å². The number of carbonyl (C=O) groups excluding carboxylic acids is 1. The molecule has 116 valence electrons.